The van der Waals surface area contributed by atoms with E-state index in [-0.39, 0.29) is 0 Å². The quantitative estimate of drug-likeness (QED) is 0.754. The molecule has 2 aromatic heterocycles. The third kappa shape index (κ3) is 7.27. The molecule has 1 aliphatic rings. The molecular formula is C9H10N4O2S. The van der Waals surface area contributed by atoms with Crippen LogP contribution in [0.1, 0.15) is 0 Å². The van der Waals surface area contributed by atoms with Crippen LogP contribution in [0.2, 0.25) is 0 Å². The van der Waals surface area contributed by atoms with E-state index in [4.69, 9.17) is 0 Å². The zero-order valence-electron chi connectivity index (χ0n) is 8.26. The number of nitrogens with zero attached hydrogens (tertiary/aromatic N) is 3. The highest BCUT2D eigenvalue weighted by Gasteiger charge is 1.72. The zero-order chi connectivity index (χ0) is 11.3. The molecule has 0 radical (unpaired) electrons. The molecule has 3 heterocycles. The summed E-state index contributed by atoms with van der Waals surface area (Å²) in [5.41, 5.74) is 2.52. The van der Waals surface area contributed by atoms with Crippen LogP contribution in [0.4, 0.5) is 0 Å². The predicted molar refractivity (Wildman–Crippen MR) is 58.9 cm³/mol. The van der Waals surface area contributed by atoms with Gasteiger partial charge in [0.25, 0.3) is 0 Å². The van der Waals surface area contributed by atoms with E-state index in [1.54, 1.807) is 24.7 Å². The number of hydrogen-bond acceptors (Lipinski definition) is 7. The summed E-state index contributed by atoms with van der Waals surface area (Å²) in [7, 11) is 0. The fraction of sp³-hybridized carbons (Fsp3) is 0. The maximum absolute atomic E-state index is 4.55. The first-order chi connectivity index (χ1) is 8.00. The van der Waals surface area contributed by atoms with Gasteiger partial charge in [0, 0.05) is 23.0 Å². The van der Waals surface area contributed by atoms with Crippen molar-refractivity contribution in [3.63, 3.8) is 0 Å². The van der Waals surface area contributed by atoms with Gasteiger partial charge in [0.15, 0.2) is 0 Å². The molecule has 0 atom stereocenters. The van der Waals surface area contributed by atoms with Crippen molar-refractivity contribution in [1.82, 2.24) is 20.2 Å². The Kier molecular flexibility index (Phi) is 7.01. The minimum Gasteiger partial charge on any atom is -0.391 e. The molecule has 84 valence electrons. The minimum atomic E-state index is 1.40. The number of rotatable bonds is 0. The van der Waals surface area contributed by atoms with Gasteiger partial charge in [0.05, 0.1) is 6.20 Å². The summed E-state index contributed by atoms with van der Waals surface area (Å²) >= 11 is 1.46. The van der Waals surface area contributed by atoms with Crippen LogP contribution in [0.25, 0.3) is 0 Å². The van der Waals surface area contributed by atoms with Crippen molar-refractivity contribution in [3.05, 3.63) is 54.7 Å². The van der Waals surface area contributed by atoms with Crippen LogP contribution in [-0.4, -0.2) is 14.7 Å². The van der Waals surface area contributed by atoms with Crippen LogP contribution in [0, 0.1) is 0 Å². The highest BCUT2D eigenvalue weighted by molar-refractivity contribution is 7.03. The smallest absolute Gasteiger partial charge is 0.144 e. The fourth-order valence-corrected chi connectivity index (χ4v) is 0.921. The standard InChI is InChI=1S/C4H5NO.C3H3NS.C2H2N2O/c1-2-4-6-5-3-1;1-2-4-5-3-1;1-2-5-4-3-1/h1-5H;1-3H;1-2H. The van der Waals surface area contributed by atoms with Gasteiger partial charge in [-0.3, -0.25) is 0 Å². The molecule has 0 bridgehead atoms. The molecule has 0 saturated heterocycles. The van der Waals surface area contributed by atoms with E-state index < -0.39 is 0 Å². The molecule has 0 unspecified atom stereocenters. The lowest BCUT2D eigenvalue weighted by atomic mass is 10.6. The van der Waals surface area contributed by atoms with Crippen molar-refractivity contribution >= 4 is 11.5 Å². The van der Waals surface area contributed by atoms with Crippen molar-refractivity contribution < 1.29 is 9.36 Å². The number of hydroxylamine groups is 1. The summed E-state index contributed by atoms with van der Waals surface area (Å²) in [5, 5.41) is 8.33. The Morgan fingerprint density at radius 2 is 2.19 bits per heavy atom. The Labute approximate surface area is 96.3 Å². The van der Waals surface area contributed by atoms with Crippen LogP contribution < -0.4 is 5.48 Å². The normalized spacial score (nSPS) is 11.0. The first kappa shape index (κ1) is 11.9. The molecule has 3 rings (SSSR count). The van der Waals surface area contributed by atoms with E-state index >= 15 is 0 Å². The Hall–Kier alpha value is -2.15. The second kappa shape index (κ2) is 9.41. The number of allylic oxidation sites excluding steroid dienone is 2. The predicted octanol–water partition coefficient (Wildman–Crippen LogP) is 1.76. The van der Waals surface area contributed by atoms with Crippen molar-refractivity contribution in [1.29, 1.82) is 0 Å². The van der Waals surface area contributed by atoms with Gasteiger partial charge >= 0.3 is 0 Å². The van der Waals surface area contributed by atoms with E-state index in [0.29, 0.717) is 0 Å². The van der Waals surface area contributed by atoms with Crippen molar-refractivity contribution in [2.75, 3.05) is 0 Å². The lowest BCUT2D eigenvalue weighted by molar-refractivity contribution is 0.172. The summed E-state index contributed by atoms with van der Waals surface area (Å²) in [6, 6.07) is 1.91. The summed E-state index contributed by atoms with van der Waals surface area (Å²) in [4.78, 5) is 4.55. The molecular weight excluding hydrogens is 228 g/mol. The van der Waals surface area contributed by atoms with E-state index in [1.165, 1.54) is 24.0 Å². The maximum Gasteiger partial charge on any atom is 0.144 e. The summed E-state index contributed by atoms with van der Waals surface area (Å²) in [6.45, 7) is 0. The summed E-state index contributed by atoms with van der Waals surface area (Å²) < 4.78 is 7.99. The highest BCUT2D eigenvalue weighted by atomic mass is 32.1. The molecule has 1 aliphatic heterocycles. The average molecular weight is 238 g/mol. The monoisotopic (exact) mass is 238 g/mol. The van der Waals surface area contributed by atoms with Crippen molar-refractivity contribution in [3.8, 4) is 0 Å². The van der Waals surface area contributed by atoms with Gasteiger partial charge in [-0.1, -0.05) is 0 Å². The third-order valence-electron chi connectivity index (χ3n) is 1.12. The maximum atomic E-state index is 4.55. The van der Waals surface area contributed by atoms with Gasteiger partial charge in [-0.25, -0.2) is 9.85 Å². The summed E-state index contributed by atoms with van der Waals surface area (Å²) in [5.74, 6) is 0. The number of nitrogens with one attached hydrogen (secondary N) is 1. The van der Waals surface area contributed by atoms with Crippen LogP contribution in [0.5, 0.6) is 0 Å². The molecule has 2 aromatic rings. The fourth-order valence-electron chi connectivity index (χ4n) is 0.570. The summed E-state index contributed by atoms with van der Waals surface area (Å²) in [6.07, 6.45) is 11.6. The van der Waals surface area contributed by atoms with Gasteiger partial charge in [0.1, 0.15) is 12.5 Å². The van der Waals surface area contributed by atoms with E-state index in [0.717, 1.165) is 0 Å². The minimum absolute atomic E-state index is 1.40. The Bertz CT molecular complexity index is 299. The third-order valence-corrected chi connectivity index (χ3v) is 1.64. The lowest BCUT2D eigenvalue weighted by Crippen LogP contribution is -2.01. The molecule has 6 nitrogen and oxygen atoms in total. The largest absolute Gasteiger partial charge is 0.391 e. The van der Waals surface area contributed by atoms with E-state index in [2.05, 4.69) is 29.6 Å². The van der Waals surface area contributed by atoms with Crippen molar-refractivity contribution in [2.45, 2.75) is 0 Å². The first-order valence-electron chi connectivity index (χ1n) is 4.28. The molecule has 0 aliphatic carbocycles. The Balaban J connectivity index is 0.000000121. The molecule has 0 aromatic carbocycles. The van der Waals surface area contributed by atoms with Crippen molar-refractivity contribution in [2.24, 2.45) is 0 Å². The SMILES string of the molecule is C1=CNOC=C1.c1cnsc1.c1conn1. The van der Waals surface area contributed by atoms with Gasteiger partial charge in [-0.15, -0.1) is 5.10 Å². The molecule has 16 heavy (non-hydrogen) atoms. The average Bonchev–Trinajstić information content (AvgIpc) is 3.10. The second-order valence-electron chi connectivity index (χ2n) is 2.20. The second-order valence-corrected chi connectivity index (χ2v) is 2.89. The molecule has 0 spiro atoms. The van der Waals surface area contributed by atoms with E-state index in [1.807, 2.05) is 17.5 Å². The molecule has 0 amide bonds. The van der Waals surface area contributed by atoms with Gasteiger partial charge in [0.2, 0.25) is 0 Å². The Morgan fingerprint density at radius 3 is 2.38 bits per heavy atom. The molecule has 0 fully saturated rings. The van der Waals surface area contributed by atoms with Gasteiger partial charge < -0.3 is 9.36 Å². The van der Waals surface area contributed by atoms with Crippen LogP contribution in [0.3, 0.4) is 0 Å². The van der Waals surface area contributed by atoms with E-state index in [9.17, 15) is 0 Å². The first-order valence-corrected chi connectivity index (χ1v) is 5.12. The Morgan fingerprint density at radius 1 is 1.19 bits per heavy atom. The van der Waals surface area contributed by atoms with Crippen LogP contribution in [-0.2, 0) is 4.84 Å². The molecule has 1 N–H and O–H groups in total. The number of hydrogen-bond donors (Lipinski definition) is 1. The van der Waals surface area contributed by atoms with Gasteiger partial charge in [-0.05, 0) is 29.8 Å². The number of aromatic nitrogens is 3. The van der Waals surface area contributed by atoms with Crippen LogP contribution >= 0.6 is 11.5 Å². The highest BCUT2D eigenvalue weighted by Crippen LogP contribution is 1.84. The molecule has 0 saturated carbocycles. The molecule has 7 heteroatoms. The van der Waals surface area contributed by atoms with Crippen LogP contribution in [0.15, 0.2) is 59.2 Å². The topological polar surface area (TPSA) is 73.1 Å². The van der Waals surface area contributed by atoms with Gasteiger partial charge in [-0.2, -0.15) is 0 Å². The zero-order valence-corrected chi connectivity index (χ0v) is 9.08. The lowest BCUT2D eigenvalue weighted by Gasteiger charge is -1.97.